The molecule has 0 bridgehead atoms. The molecule has 0 saturated heterocycles. The lowest BCUT2D eigenvalue weighted by Crippen LogP contribution is -2.17. The van der Waals surface area contributed by atoms with Gasteiger partial charge in [0, 0.05) is 4.90 Å². The summed E-state index contributed by atoms with van der Waals surface area (Å²) in [7, 11) is 0. The topological polar surface area (TPSA) is 9.23 Å². The van der Waals surface area contributed by atoms with Crippen LogP contribution in [0.5, 0.6) is 5.75 Å². The zero-order valence-corrected chi connectivity index (χ0v) is 8.50. The number of hydrogen-bond acceptors (Lipinski definition) is 2. The van der Waals surface area contributed by atoms with Crippen molar-refractivity contribution >= 4 is 11.8 Å². The van der Waals surface area contributed by atoms with Crippen LogP contribution >= 0.6 is 11.8 Å². The van der Waals surface area contributed by atoms with E-state index in [2.05, 4.69) is 4.74 Å². The zero-order chi connectivity index (χ0) is 10.8. The van der Waals surface area contributed by atoms with Gasteiger partial charge in [0.1, 0.15) is 5.75 Å². The van der Waals surface area contributed by atoms with Crippen LogP contribution in [0.3, 0.4) is 0 Å². The van der Waals surface area contributed by atoms with Gasteiger partial charge in [-0.1, -0.05) is 0 Å². The average Bonchev–Trinajstić information content (AvgIpc) is 2.06. The van der Waals surface area contributed by atoms with Crippen molar-refractivity contribution in [3.05, 3.63) is 23.8 Å². The van der Waals surface area contributed by atoms with Crippen molar-refractivity contribution in [1.82, 2.24) is 0 Å². The molecule has 0 aliphatic heterocycles. The van der Waals surface area contributed by atoms with E-state index in [-0.39, 0.29) is 5.75 Å². The van der Waals surface area contributed by atoms with Gasteiger partial charge in [0.2, 0.25) is 0 Å². The van der Waals surface area contributed by atoms with Crippen LogP contribution in [0, 0.1) is 6.92 Å². The van der Waals surface area contributed by atoms with Crippen molar-refractivity contribution in [3.8, 4) is 5.75 Å². The Morgan fingerprint density at radius 2 is 1.93 bits per heavy atom. The summed E-state index contributed by atoms with van der Waals surface area (Å²) in [6.07, 6.45) is -2.76. The zero-order valence-electron chi connectivity index (χ0n) is 7.68. The van der Waals surface area contributed by atoms with E-state index in [1.54, 1.807) is 19.1 Å². The molecule has 0 N–H and O–H groups in total. The van der Waals surface area contributed by atoms with Crippen LogP contribution in [-0.4, -0.2) is 12.6 Å². The van der Waals surface area contributed by atoms with Crippen LogP contribution in [0.15, 0.2) is 23.1 Å². The molecule has 1 aromatic rings. The van der Waals surface area contributed by atoms with Gasteiger partial charge >= 0.3 is 6.36 Å². The van der Waals surface area contributed by atoms with Gasteiger partial charge in [-0.3, -0.25) is 0 Å². The molecule has 0 radical (unpaired) electrons. The molecule has 0 aliphatic carbocycles. The summed E-state index contributed by atoms with van der Waals surface area (Å²) in [5, 5.41) is 0. The normalized spacial score (nSPS) is 11.5. The van der Waals surface area contributed by atoms with Crippen molar-refractivity contribution in [1.29, 1.82) is 0 Å². The molecule has 78 valence electrons. The van der Waals surface area contributed by atoms with Crippen molar-refractivity contribution in [2.45, 2.75) is 18.2 Å². The van der Waals surface area contributed by atoms with E-state index >= 15 is 0 Å². The minimum Gasteiger partial charge on any atom is -0.406 e. The third-order valence-corrected chi connectivity index (χ3v) is 2.33. The summed E-state index contributed by atoms with van der Waals surface area (Å²) in [5.74, 6) is -0.143. The van der Waals surface area contributed by atoms with Gasteiger partial charge in [-0.05, 0) is 36.9 Å². The molecular weight excluding hydrogens is 213 g/mol. The smallest absolute Gasteiger partial charge is 0.406 e. The van der Waals surface area contributed by atoms with Gasteiger partial charge < -0.3 is 4.74 Å². The van der Waals surface area contributed by atoms with E-state index in [1.807, 2.05) is 6.26 Å². The highest BCUT2D eigenvalue weighted by molar-refractivity contribution is 7.98. The molecule has 0 saturated carbocycles. The van der Waals surface area contributed by atoms with E-state index in [0.29, 0.717) is 5.56 Å². The molecule has 0 aromatic heterocycles. The maximum atomic E-state index is 11.9. The molecule has 1 nitrogen and oxygen atoms in total. The Bertz CT molecular complexity index is 322. The third kappa shape index (κ3) is 3.14. The first-order valence-electron chi connectivity index (χ1n) is 3.83. The van der Waals surface area contributed by atoms with E-state index in [1.165, 1.54) is 17.8 Å². The molecule has 0 spiro atoms. The number of halogens is 3. The predicted molar refractivity (Wildman–Crippen MR) is 49.6 cm³/mol. The van der Waals surface area contributed by atoms with Crippen molar-refractivity contribution < 1.29 is 17.9 Å². The maximum absolute atomic E-state index is 11.9. The fourth-order valence-electron chi connectivity index (χ4n) is 0.988. The van der Waals surface area contributed by atoms with Crippen molar-refractivity contribution in [2.75, 3.05) is 6.26 Å². The second-order valence-corrected chi connectivity index (χ2v) is 3.56. The summed E-state index contributed by atoms with van der Waals surface area (Å²) in [4.78, 5) is 0.914. The predicted octanol–water partition coefficient (Wildman–Crippen LogP) is 3.62. The maximum Gasteiger partial charge on any atom is 0.573 e. The largest absolute Gasteiger partial charge is 0.573 e. The number of aryl methyl sites for hydroxylation is 1. The van der Waals surface area contributed by atoms with Crippen LogP contribution in [0.4, 0.5) is 13.2 Å². The number of hydrogen-bond donors (Lipinski definition) is 0. The number of rotatable bonds is 2. The van der Waals surface area contributed by atoms with E-state index in [0.717, 1.165) is 4.90 Å². The Balaban J connectivity index is 2.89. The quantitative estimate of drug-likeness (QED) is 0.707. The molecule has 0 atom stereocenters. The first kappa shape index (κ1) is 11.2. The Morgan fingerprint density at radius 1 is 1.29 bits per heavy atom. The summed E-state index contributed by atoms with van der Waals surface area (Å²) < 4.78 is 39.5. The monoisotopic (exact) mass is 222 g/mol. The Hall–Kier alpha value is -0.840. The fourth-order valence-corrected chi connectivity index (χ4v) is 1.49. The highest BCUT2D eigenvalue weighted by Gasteiger charge is 2.31. The van der Waals surface area contributed by atoms with Gasteiger partial charge in [0.05, 0.1) is 0 Å². The van der Waals surface area contributed by atoms with Crippen LogP contribution in [0.2, 0.25) is 0 Å². The van der Waals surface area contributed by atoms with E-state index in [9.17, 15) is 13.2 Å². The lowest BCUT2D eigenvalue weighted by atomic mass is 10.2. The standard InChI is InChI=1S/C9H9F3OS/c1-6-5-7(14-2)3-4-8(6)13-9(10,11)12/h3-5H,1-2H3. The summed E-state index contributed by atoms with van der Waals surface area (Å²) in [5.41, 5.74) is 0.481. The first-order valence-corrected chi connectivity index (χ1v) is 5.05. The molecule has 0 heterocycles. The van der Waals surface area contributed by atoms with Crippen LogP contribution < -0.4 is 4.74 Å². The summed E-state index contributed by atoms with van der Waals surface area (Å²) in [6, 6.07) is 4.58. The SMILES string of the molecule is CSc1ccc(OC(F)(F)F)c(C)c1. The van der Waals surface area contributed by atoms with Gasteiger partial charge in [-0.25, -0.2) is 0 Å². The lowest BCUT2D eigenvalue weighted by Gasteiger charge is -2.11. The lowest BCUT2D eigenvalue weighted by molar-refractivity contribution is -0.274. The molecule has 1 rings (SSSR count). The third-order valence-electron chi connectivity index (χ3n) is 1.61. The fraction of sp³-hybridized carbons (Fsp3) is 0.333. The first-order chi connectivity index (χ1) is 6.42. The highest BCUT2D eigenvalue weighted by Crippen LogP contribution is 2.28. The van der Waals surface area contributed by atoms with Gasteiger partial charge in [-0.2, -0.15) is 0 Å². The van der Waals surface area contributed by atoms with Crippen LogP contribution in [0.1, 0.15) is 5.56 Å². The molecular formula is C9H9F3OS. The Morgan fingerprint density at radius 3 is 2.36 bits per heavy atom. The van der Waals surface area contributed by atoms with Crippen LogP contribution in [0.25, 0.3) is 0 Å². The molecule has 14 heavy (non-hydrogen) atoms. The molecule has 5 heteroatoms. The molecule has 0 unspecified atom stereocenters. The summed E-state index contributed by atoms with van der Waals surface area (Å²) >= 11 is 1.47. The number of ether oxygens (including phenoxy) is 1. The second kappa shape index (κ2) is 4.13. The van der Waals surface area contributed by atoms with Gasteiger partial charge in [-0.15, -0.1) is 24.9 Å². The van der Waals surface area contributed by atoms with E-state index < -0.39 is 6.36 Å². The number of alkyl halides is 3. The minimum atomic E-state index is -4.62. The number of benzene rings is 1. The van der Waals surface area contributed by atoms with Crippen molar-refractivity contribution in [3.63, 3.8) is 0 Å². The second-order valence-electron chi connectivity index (χ2n) is 2.68. The molecule has 0 aliphatic rings. The van der Waals surface area contributed by atoms with Gasteiger partial charge in [0.25, 0.3) is 0 Å². The number of thioether (sulfide) groups is 1. The average molecular weight is 222 g/mol. The summed E-state index contributed by atoms with van der Waals surface area (Å²) in [6.45, 7) is 1.58. The molecule has 0 amide bonds. The Labute approximate surface area is 84.3 Å². The van der Waals surface area contributed by atoms with E-state index in [4.69, 9.17) is 0 Å². The molecule has 1 aromatic carbocycles. The Kier molecular flexibility index (Phi) is 3.31. The minimum absolute atomic E-state index is 0.143. The van der Waals surface area contributed by atoms with Crippen LogP contribution in [-0.2, 0) is 0 Å². The highest BCUT2D eigenvalue weighted by atomic mass is 32.2. The molecule has 0 fully saturated rings. The van der Waals surface area contributed by atoms with Gasteiger partial charge in [0.15, 0.2) is 0 Å². The van der Waals surface area contributed by atoms with Crippen molar-refractivity contribution in [2.24, 2.45) is 0 Å².